The van der Waals surface area contributed by atoms with Crippen molar-refractivity contribution in [3.63, 3.8) is 0 Å². The van der Waals surface area contributed by atoms with E-state index in [1.807, 2.05) is 54.6 Å². The van der Waals surface area contributed by atoms with Crippen molar-refractivity contribution in [1.29, 1.82) is 5.26 Å². The second-order valence-corrected chi connectivity index (χ2v) is 7.44. The molecule has 0 aliphatic carbocycles. The van der Waals surface area contributed by atoms with Crippen molar-refractivity contribution in [2.75, 3.05) is 11.1 Å². The van der Waals surface area contributed by atoms with E-state index in [-0.39, 0.29) is 5.82 Å². The predicted octanol–water partition coefficient (Wildman–Crippen LogP) is 5.32. The Balaban J connectivity index is 1.91. The molecule has 0 amide bonds. The second kappa shape index (κ2) is 6.75. The van der Waals surface area contributed by atoms with Gasteiger partial charge in [-0.1, -0.05) is 57.6 Å². The summed E-state index contributed by atoms with van der Waals surface area (Å²) in [4.78, 5) is 8.86. The standard InChI is InChI=1S/C19H12BrN5S/c20-12-8-6-11(7-9-12)15-14(10-21)17(22)24-18-16(15)26-19(25-18)23-13-4-2-1-3-5-13/h1-9H,(H3,22,23,24,25). The Morgan fingerprint density at radius 2 is 1.77 bits per heavy atom. The molecule has 0 unspecified atom stereocenters. The molecule has 7 heteroatoms. The minimum Gasteiger partial charge on any atom is -0.383 e. The molecule has 2 aromatic carbocycles. The van der Waals surface area contributed by atoms with E-state index in [9.17, 15) is 5.26 Å². The van der Waals surface area contributed by atoms with Gasteiger partial charge in [-0.3, -0.25) is 0 Å². The van der Waals surface area contributed by atoms with Crippen molar-refractivity contribution in [2.24, 2.45) is 0 Å². The van der Waals surface area contributed by atoms with Crippen molar-refractivity contribution in [1.82, 2.24) is 9.97 Å². The van der Waals surface area contributed by atoms with Crippen molar-refractivity contribution in [3.05, 3.63) is 64.6 Å². The highest BCUT2D eigenvalue weighted by Crippen LogP contribution is 2.39. The minimum absolute atomic E-state index is 0.189. The first-order valence-electron chi connectivity index (χ1n) is 7.74. The number of thiazole rings is 1. The molecule has 3 N–H and O–H groups in total. The average Bonchev–Trinajstić information content (AvgIpc) is 3.04. The highest BCUT2D eigenvalue weighted by Gasteiger charge is 2.19. The quantitative estimate of drug-likeness (QED) is 0.467. The molecule has 0 aliphatic heterocycles. The number of pyridine rings is 1. The van der Waals surface area contributed by atoms with Gasteiger partial charge in [0, 0.05) is 15.7 Å². The van der Waals surface area contributed by atoms with E-state index < -0.39 is 0 Å². The van der Waals surface area contributed by atoms with E-state index >= 15 is 0 Å². The number of rotatable bonds is 3. The van der Waals surface area contributed by atoms with E-state index in [1.165, 1.54) is 11.3 Å². The molecule has 0 spiro atoms. The number of nitrogens with one attached hydrogen (secondary N) is 1. The van der Waals surface area contributed by atoms with Gasteiger partial charge in [0.2, 0.25) is 0 Å². The smallest absolute Gasteiger partial charge is 0.189 e. The first-order valence-corrected chi connectivity index (χ1v) is 9.35. The average molecular weight is 422 g/mol. The fourth-order valence-electron chi connectivity index (χ4n) is 2.67. The molecule has 0 aliphatic rings. The number of hydrogen-bond donors (Lipinski definition) is 2. The van der Waals surface area contributed by atoms with Crippen LogP contribution in [0.15, 0.2) is 59.1 Å². The topological polar surface area (TPSA) is 87.6 Å². The minimum atomic E-state index is 0.189. The van der Waals surface area contributed by atoms with Crippen LogP contribution in [0.3, 0.4) is 0 Å². The summed E-state index contributed by atoms with van der Waals surface area (Å²) in [6.45, 7) is 0. The Bertz CT molecular complexity index is 1130. The first kappa shape index (κ1) is 16.5. The Morgan fingerprint density at radius 3 is 2.46 bits per heavy atom. The molecule has 0 saturated carbocycles. The van der Waals surface area contributed by atoms with Gasteiger partial charge in [-0.05, 0) is 29.8 Å². The van der Waals surface area contributed by atoms with E-state index in [1.54, 1.807) is 0 Å². The van der Waals surface area contributed by atoms with Crippen LogP contribution in [0.1, 0.15) is 5.56 Å². The summed E-state index contributed by atoms with van der Waals surface area (Å²) >= 11 is 4.89. The lowest BCUT2D eigenvalue weighted by Gasteiger charge is -2.07. The van der Waals surface area contributed by atoms with Gasteiger partial charge in [-0.15, -0.1) is 0 Å². The van der Waals surface area contributed by atoms with Crippen LogP contribution in [0.5, 0.6) is 0 Å². The Morgan fingerprint density at radius 1 is 1.04 bits per heavy atom. The molecule has 0 atom stereocenters. The highest BCUT2D eigenvalue weighted by molar-refractivity contribution is 9.10. The maximum atomic E-state index is 9.61. The second-order valence-electron chi connectivity index (χ2n) is 5.53. The van der Waals surface area contributed by atoms with Crippen LogP contribution in [0.4, 0.5) is 16.6 Å². The predicted molar refractivity (Wildman–Crippen MR) is 109 cm³/mol. The molecule has 5 nitrogen and oxygen atoms in total. The summed E-state index contributed by atoms with van der Waals surface area (Å²) in [5, 5.41) is 13.6. The monoisotopic (exact) mass is 421 g/mol. The summed E-state index contributed by atoms with van der Waals surface area (Å²) in [7, 11) is 0. The third kappa shape index (κ3) is 3.01. The number of anilines is 3. The third-order valence-electron chi connectivity index (χ3n) is 3.84. The number of halogens is 1. The molecular weight excluding hydrogens is 410 g/mol. The van der Waals surface area contributed by atoms with E-state index in [0.717, 1.165) is 26.0 Å². The van der Waals surface area contributed by atoms with Gasteiger partial charge in [-0.2, -0.15) is 10.2 Å². The molecule has 4 rings (SSSR count). The largest absolute Gasteiger partial charge is 0.383 e. The summed E-state index contributed by atoms with van der Waals surface area (Å²) in [6.07, 6.45) is 0. The van der Waals surface area contributed by atoms with Crippen molar-refractivity contribution in [3.8, 4) is 17.2 Å². The van der Waals surface area contributed by atoms with Gasteiger partial charge < -0.3 is 11.1 Å². The number of nitrogens with zero attached hydrogens (tertiary/aromatic N) is 3. The number of benzene rings is 2. The molecular formula is C19H12BrN5S. The molecule has 0 fully saturated rings. The first-order chi connectivity index (χ1) is 12.7. The van der Waals surface area contributed by atoms with E-state index in [2.05, 4.69) is 37.3 Å². The van der Waals surface area contributed by atoms with E-state index in [0.29, 0.717) is 16.3 Å². The Kier molecular flexibility index (Phi) is 4.29. The number of fused-ring (bicyclic) bond motifs is 1. The lowest BCUT2D eigenvalue weighted by atomic mass is 10.0. The molecule has 2 aromatic heterocycles. The highest BCUT2D eigenvalue weighted by atomic mass is 79.9. The Hall–Kier alpha value is -2.95. The Labute approximate surface area is 162 Å². The molecule has 0 saturated heterocycles. The molecule has 4 aromatic rings. The summed E-state index contributed by atoms with van der Waals surface area (Å²) < 4.78 is 1.80. The molecule has 2 heterocycles. The third-order valence-corrected chi connectivity index (χ3v) is 5.34. The van der Waals surface area contributed by atoms with Gasteiger partial charge in [-0.25, -0.2) is 4.98 Å². The maximum absolute atomic E-state index is 9.61. The zero-order chi connectivity index (χ0) is 18.1. The van der Waals surface area contributed by atoms with Crippen LogP contribution in [0, 0.1) is 11.3 Å². The molecule has 126 valence electrons. The maximum Gasteiger partial charge on any atom is 0.189 e. The normalized spacial score (nSPS) is 10.6. The van der Waals surface area contributed by atoms with Crippen molar-refractivity contribution in [2.45, 2.75) is 0 Å². The van der Waals surface area contributed by atoms with Crippen LogP contribution in [0.2, 0.25) is 0 Å². The number of nitrogens with two attached hydrogens (primary N) is 1. The summed E-state index contributed by atoms with van der Waals surface area (Å²) in [6, 6.07) is 19.7. The molecule has 0 radical (unpaired) electrons. The van der Waals surface area contributed by atoms with Crippen LogP contribution in [-0.2, 0) is 0 Å². The molecule has 26 heavy (non-hydrogen) atoms. The van der Waals surface area contributed by atoms with Crippen LogP contribution >= 0.6 is 27.3 Å². The fraction of sp³-hybridized carbons (Fsp3) is 0. The summed E-state index contributed by atoms with van der Waals surface area (Å²) in [5.74, 6) is 0.189. The van der Waals surface area contributed by atoms with Crippen LogP contribution < -0.4 is 11.1 Å². The SMILES string of the molecule is N#Cc1c(N)nc2nc(Nc3ccccc3)sc2c1-c1ccc(Br)cc1. The lowest BCUT2D eigenvalue weighted by Crippen LogP contribution is -1.98. The number of hydrogen-bond acceptors (Lipinski definition) is 6. The molecule has 0 bridgehead atoms. The van der Waals surface area contributed by atoms with Gasteiger partial charge in [0.15, 0.2) is 10.8 Å². The van der Waals surface area contributed by atoms with Crippen LogP contribution in [0.25, 0.3) is 21.5 Å². The van der Waals surface area contributed by atoms with Crippen LogP contribution in [-0.4, -0.2) is 9.97 Å². The van der Waals surface area contributed by atoms with Gasteiger partial charge in [0.25, 0.3) is 0 Å². The van der Waals surface area contributed by atoms with Gasteiger partial charge in [0.1, 0.15) is 17.5 Å². The van der Waals surface area contributed by atoms with Crippen molar-refractivity contribution >= 4 is 54.3 Å². The number of aromatic nitrogens is 2. The number of nitriles is 1. The van der Waals surface area contributed by atoms with Gasteiger partial charge >= 0.3 is 0 Å². The fourth-order valence-corrected chi connectivity index (χ4v) is 3.93. The lowest BCUT2D eigenvalue weighted by molar-refractivity contribution is 1.31. The van der Waals surface area contributed by atoms with Crippen molar-refractivity contribution < 1.29 is 0 Å². The summed E-state index contributed by atoms with van der Waals surface area (Å²) in [5.41, 5.74) is 9.53. The number of nitrogen functional groups attached to an aromatic ring is 1. The number of para-hydroxylation sites is 1. The zero-order valence-electron chi connectivity index (χ0n) is 13.4. The zero-order valence-corrected chi connectivity index (χ0v) is 15.8. The van der Waals surface area contributed by atoms with Gasteiger partial charge in [0.05, 0.1) is 4.70 Å². The van der Waals surface area contributed by atoms with E-state index in [4.69, 9.17) is 5.73 Å².